The molecule has 0 atom stereocenters. The highest BCUT2D eigenvalue weighted by Gasteiger charge is 2.15. The van der Waals surface area contributed by atoms with Crippen LogP contribution in [0.25, 0.3) is 11.5 Å². The maximum atomic E-state index is 5.38. The van der Waals surface area contributed by atoms with Gasteiger partial charge in [-0.3, -0.25) is 0 Å². The molecule has 0 spiro atoms. The maximum absolute atomic E-state index is 5.38. The summed E-state index contributed by atoms with van der Waals surface area (Å²) in [5, 5.41) is 10.4. The molecule has 1 aromatic carbocycles. The van der Waals surface area contributed by atoms with Crippen LogP contribution in [0, 0.1) is 6.92 Å². The monoisotopic (exact) mass is 298 g/mol. The molecular weight excluding hydrogens is 284 g/mol. The number of hydrogen-bond acceptors (Lipinski definition) is 6. The molecule has 4 rings (SSSR count). The Balaban J connectivity index is 1.59. The lowest BCUT2D eigenvalue weighted by Gasteiger charge is -2.00. The highest BCUT2D eigenvalue weighted by molar-refractivity contribution is 7.09. The minimum atomic E-state index is 0.577. The summed E-state index contributed by atoms with van der Waals surface area (Å²) in [4.78, 5) is 8.90. The van der Waals surface area contributed by atoms with Crippen LogP contribution in [0.2, 0.25) is 0 Å². The van der Waals surface area contributed by atoms with Crippen molar-refractivity contribution < 1.29 is 4.52 Å². The molecule has 3 aromatic rings. The molecule has 0 saturated carbocycles. The number of aromatic nitrogens is 3. The van der Waals surface area contributed by atoms with E-state index in [0.717, 1.165) is 29.2 Å². The van der Waals surface area contributed by atoms with Gasteiger partial charge in [-0.25, -0.2) is 4.98 Å². The predicted molar refractivity (Wildman–Crippen MR) is 81.6 cm³/mol. The first-order valence-electron chi connectivity index (χ1n) is 6.89. The van der Waals surface area contributed by atoms with Crippen molar-refractivity contribution in [2.75, 3.05) is 11.9 Å². The van der Waals surface area contributed by atoms with Crippen molar-refractivity contribution >= 4 is 17.0 Å². The minimum Gasteiger partial charge on any atom is -0.384 e. The van der Waals surface area contributed by atoms with Gasteiger partial charge >= 0.3 is 0 Å². The fourth-order valence-corrected chi connectivity index (χ4v) is 3.27. The van der Waals surface area contributed by atoms with E-state index in [1.165, 1.54) is 11.3 Å². The number of benzene rings is 1. The van der Waals surface area contributed by atoms with Gasteiger partial charge < -0.3 is 9.84 Å². The number of fused-ring (bicyclic) bond motifs is 1. The SMILES string of the molecule is Cc1csc(Cc2noc(-c3ccc4c(c3)CCN4)n2)n1. The highest BCUT2D eigenvalue weighted by atomic mass is 32.1. The molecule has 0 saturated heterocycles. The Bertz CT molecular complexity index is 793. The topological polar surface area (TPSA) is 63.8 Å². The van der Waals surface area contributed by atoms with E-state index in [1.807, 2.05) is 18.4 Å². The standard InChI is InChI=1S/C15H14N4OS/c1-9-8-21-14(17-9)7-13-18-15(20-19-13)11-2-3-12-10(6-11)4-5-16-12/h2-3,6,8,16H,4-5,7H2,1H3. The van der Waals surface area contributed by atoms with Gasteiger partial charge in [-0.1, -0.05) is 5.16 Å². The summed E-state index contributed by atoms with van der Waals surface area (Å²) in [6, 6.07) is 6.22. The number of anilines is 1. The lowest BCUT2D eigenvalue weighted by Crippen LogP contribution is -1.90. The Hall–Kier alpha value is -2.21. The maximum Gasteiger partial charge on any atom is 0.257 e. The zero-order chi connectivity index (χ0) is 14.2. The molecule has 6 heteroatoms. The number of nitrogens with one attached hydrogen (secondary N) is 1. The summed E-state index contributed by atoms with van der Waals surface area (Å²) in [5.41, 5.74) is 4.52. The average molecular weight is 298 g/mol. The Morgan fingerprint density at radius 1 is 1.33 bits per heavy atom. The first-order valence-corrected chi connectivity index (χ1v) is 7.77. The fourth-order valence-electron chi connectivity index (χ4n) is 2.50. The third kappa shape index (κ3) is 2.42. The largest absolute Gasteiger partial charge is 0.384 e. The van der Waals surface area contributed by atoms with Gasteiger partial charge in [-0.2, -0.15) is 4.98 Å². The van der Waals surface area contributed by atoms with E-state index in [9.17, 15) is 0 Å². The van der Waals surface area contributed by atoms with Crippen LogP contribution in [0.5, 0.6) is 0 Å². The van der Waals surface area contributed by atoms with Crippen LogP contribution in [-0.4, -0.2) is 21.7 Å². The normalized spacial score (nSPS) is 13.2. The van der Waals surface area contributed by atoms with Crippen LogP contribution in [-0.2, 0) is 12.8 Å². The Kier molecular flexibility index (Phi) is 2.96. The van der Waals surface area contributed by atoms with Crippen molar-refractivity contribution in [2.45, 2.75) is 19.8 Å². The number of hydrogen-bond donors (Lipinski definition) is 1. The molecule has 1 aliphatic heterocycles. The van der Waals surface area contributed by atoms with E-state index >= 15 is 0 Å². The summed E-state index contributed by atoms with van der Waals surface area (Å²) < 4.78 is 5.38. The molecule has 21 heavy (non-hydrogen) atoms. The van der Waals surface area contributed by atoms with Gasteiger partial charge in [-0.15, -0.1) is 11.3 Å². The van der Waals surface area contributed by atoms with Gasteiger partial charge in [0.25, 0.3) is 5.89 Å². The van der Waals surface area contributed by atoms with E-state index in [-0.39, 0.29) is 0 Å². The number of nitrogens with zero attached hydrogens (tertiary/aromatic N) is 3. The molecular formula is C15H14N4OS. The average Bonchev–Trinajstić information content (AvgIpc) is 3.19. The molecule has 3 heterocycles. The van der Waals surface area contributed by atoms with Crippen molar-refractivity contribution in [1.29, 1.82) is 0 Å². The molecule has 106 valence electrons. The predicted octanol–water partition coefficient (Wildman–Crippen LogP) is 3.06. The van der Waals surface area contributed by atoms with E-state index in [4.69, 9.17) is 4.52 Å². The summed E-state index contributed by atoms with van der Waals surface area (Å²) >= 11 is 1.62. The lowest BCUT2D eigenvalue weighted by atomic mass is 10.1. The highest BCUT2D eigenvalue weighted by Crippen LogP contribution is 2.28. The van der Waals surface area contributed by atoms with Crippen molar-refractivity contribution in [3.63, 3.8) is 0 Å². The van der Waals surface area contributed by atoms with Crippen molar-refractivity contribution in [2.24, 2.45) is 0 Å². The van der Waals surface area contributed by atoms with Crippen molar-refractivity contribution in [3.05, 3.63) is 45.7 Å². The number of rotatable bonds is 3. The van der Waals surface area contributed by atoms with Gasteiger partial charge in [0.15, 0.2) is 5.82 Å². The Morgan fingerprint density at radius 3 is 3.14 bits per heavy atom. The van der Waals surface area contributed by atoms with E-state index in [1.54, 1.807) is 11.3 Å². The summed E-state index contributed by atoms with van der Waals surface area (Å²) in [6.07, 6.45) is 1.66. The van der Waals surface area contributed by atoms with E-state index in [0.29, 0.717) is 18.1 Å². The van der Waals surface area contributed by atoms with Gasteiger partial charge in [0, 0.05) is 28.9 Å². The zero-order valence-electron chi connectivity index (χ0n) is 11.6. The third-order valence-electron chi connectivity index (χ3n) is 3.51. The molecule has 0 unspecified atom stereocenters. The first kappa shape index (κ1) is 12.5. The van der Waals surface area contributed by atoms with Crippen LogP contribution in [0.15, 0.2) is 28.1 Å². The molecule has 1 aliphatic rings. The lowest BCUT2D eigenvalue weighted by molar-refractivity contribution is 0.424. The third-order valence-corrected chi connectivity index (χ3v) is 4.47. The summed E-state index contributed by atoms with van der Waals surface area (Å²) in [7, 11) is 0. The minimum absolute atomic E-state index is 0.577. The Labute approximate surface area is 126 Å². The Morgan fingerprint density at radius 2 is 2.29 bits per heavy atom. The zero-order valence-corrected chi connectivity index (χ0v) is 12.4. The van der Waals surface area contributed by atoms with Crippen LogP contribution in [0.3, 0.4) is 0 Å². The van der Waals surface area contributed by atoms with Crippen molar-refractivity contribution in [3.8, 4) is 11.5 Å². The van der Waals surface area contributed by atoms with Crippen molar-refractivity contribution in [1.82, 2.24) is 15.1 Å². The molecule has 1 N–H and O–H groups in total. The fraction of sp³-hybridized carbons (Fsp3) is 0.267. The second-order valence-electron chi connectivity index (χ2n) is 5.12. The van der Waals surface area contributed by atoms with Crippen LogP contribution < -0.4 is 5.32 Å². The van der Waals surface area contributed by atoms with Gasteiger partial charge in [-0.05, 0) is 37.1 Å². The summed E-state index contributed by atoms with van der Waals surface area (Å²) in [5.74, 6) is 1.26. The second kappa shape index (κ2) is 4.96. The molecule has 2 aromatic heterocycles. The van der Waals surface area contributed by atoms with E-state index in [2.05, 4.69) is 32.6 Å². The molecule has 0 aliphatic carbocycles. The molecule has 5 nitrogen and oxygen atoms in total. The van der Waals surface area contributed by atoms with Crippen LogP contribution in [0.1, 0.15) is 22.1 Å². The molecule has 0 fully saturated rings. The molecule has 0 bridgehead atoms. The van der Waals surface area contributed by atoms with Gasteiger partial charge in [0.05, 0.1) is 6.42 Å². The van der Waals surface area contributed by atoms with Crippen LogP contribution >= 0.6 is 11.3 Å². The molecule has 0 amide bonds. The quantitative estimate of drug-likeness (QED) is 0.805. The number of thiazole rings is 1. The molecule has 0 radical (unpaired) electrons. The first-order chi connectivity index (χ1) is 10.3. The van der Waals surface area contributed by atoms with E-state index < -0.39 is 0 Å². The second-order valence-corrected chi connectivity index (χ2v) is 6.07. The van der Waals surface area contributed by atoms with Gasteiger partial charge in [0.2, 0.25) is 0 Å². The summed E-state index contributed by atoms with van der Waals surface area (Å²) in [6.45, 7) is 2.98. The number of aryl methyl sites for hydroxylation is 1. The van der Waals surface area contributed by atoms with Gasteiger partial charge in [0.1, 0.15) is 5.01 Å². The van der Waals surface area contributed by atoms with Crippen LogP contribution in [0.4, 0.5) is 5.69 Å². The smallest absolute Gasteiger partial charge is 0.257 e.